The van der Waals surface area contributed by atoms with E-state index in [2.05, 4.69) is 16.0 Å². The zero-order valence-electron chi connectivity index (χ0n) is 16.2. The van der Waals surface area contributed by atoms with Crippen molar-refractivity contribution in [2.45, 2.75) is 26.2 Å². The summed E-state index contributed by atoms with van der Waals surface area (Å²) in [5.74, 6) is 0.611. The number of hydrogen-bond donors (Lipinski definition) is 3. The minimum atomic E-state index is -0.147. The molecule has 0 saturated carbocycles. The Morgan fingerprint density at radius 2 is 1.89 bits per heavy atom. The highest BCUT2D eigenvalue weighted by Crippen LogP contribution is 2.25. The SMILES string of the molecule is CCCC(=O)Nc1ccc(Cl)c(NCC(=O)NCCc2ccccc2OC)c1. The third-order valence-corrected chi connectivity index (χ3v) is 4.41. The molecule has 0 heterocycles. The molecule has 0 fully saturated rings. The van der Waals surface area contributed by atoms with E-state index in [-0.39, 0.29) is 18.4 Å². The van der Waals surface area contributed by atoms with Crippen LogP contribution in [-0.4, -0.2) is 32.0 Å². The summed E-state index contributed by atoms with van der Waals surface area (Å²) < 4.78 is 5.31. The Kier molecular flexibility index (Phi) is 8.62. The molecule has 0 aliphatic heterocycles. The van der Waals surface area contributed by atoms with Gasteiger partial charge in [0.2, 0.25) is 11.8 Å². The number of para-hydroxylation sites is 1. The van der Waals surface area contributed by atoms with Crippen molar-refractivity contribution >= 4 is 34.8 Å². The predicted octanol–water partition coefficient (Wildman–Crippen LogP) is 3.86. The highest BCUT2D eigenvalue weighted by atomic mass is 35.5. The molecule has 0 radical (unpaired) electrons. The first-order valence-corrected chi connectivity index (χ1v) is 9.63. The molecule has 0 saturated heterocycles. The Hall–Kier alpha value is -2.73. The van der Waals surface area contributed by atoms with Gasteiger partial charge in [0.25, 0.3) is 0 Å². The number of benzene rings is 2. The van der Waals surface area contributed by atoms with E-state index in [4.69, 9.17) is 16.3 Å². The van der Waals surface area contributed by atoms with Crippen LogP contribution in [0.1, 0.15) is 25.3 Å². The lowest BCUT2D eigenvalue weighted by molar-refractivity contribution is -0.119. The number of nitrogens with one attached hydrogen (secondary N) is 3. The van der Waals surface area contributed by atoms with E-state index in [0.29, 0.717) is 35.8 Å². The van der Waals surface area contributed by atoms with Gasteiger partial charge in [-0.1, -0.05) is 36.7 Å². The monoisotopic (exact) mass is 403 g/mol. The van der Waals surface area contributed by atoms with Gasteiger partial charge in [-0.15, -0.1) is 0 Å². The van der Waals surface area contributed by atoms with Gasteiger partial charge < -0.3 is 20.7 Å². The largest absolute Gasteiger partial charge is 0.496 e. The first kappa shape index (κ1) is 21.6. The second kappa shape index (κ2) is 11.2. The number of hydrogen-bond acceptors (Lipinski definition) is 4. The van der Waals surface area contributed by atoms with E-state index < -0.39 is 0 Å². The average molecular weight is 404 g/mol. The number of methoxy groups -OCH3 is 1. The molecule has 0 spiro atoms. The molecule has 2 rings (SSSR count). The van der Waals surface area contributed by atoms with Gasteiger partial charge in [0, 0.05) is 18.7 Å². The zero-order valence-corrected chi connectivity index (χ0v) is 16.9. The molecule has 0 aliphatic rings. The lowest BCUT2D eigenvalue weighted by Crippen LogP contribution is -2.31. The zero-order chi connectivity index (χ0) is 20.4. The fourth-order valence-corrected chi connectivity index (χ4v) is 2.86. The fourth-order valence-electron chi connectivity index (χ4n) is 2.67. The van der Waals surface area contributed by atoms with Crippen molar-refractivity contribution in [2.24, 2.45) is 0 Å². The second-order valence-corrected chi connectivity index (χ2v) is 6.67. The summed E-state index contributed by atoms with van der Waals surface area (Å²) in [4.78, 5) is 23.8. The lowest BCUT2D eigenvalue weighted by Gasteiger charge is -2.12. The molecule has 3 N–H and O–H groups in total. The van der Waals surface area contributed by atoms with Crippen molar-refractivity contribution in [3.8, 4) is 5.75 Å². The normalized spacial score (nSPS) is 10.2. The third kappa shape index (κ3) is 6.78. The Bertz CT molecular complexity index is 811. The minimum Gasteiger partial charge on any atom is -0.496 e. The summed E-state index contributed by atoms with van der Waals surface area (Å²) >= 11 is 6.17. The molecule has 0 aromatic heterocycles. The molecule has 2 aromatic carbocycles. The summed E-state index contributed by atoms with van der Waals surface area (Å²) in [7, 11) is 1.63. The maximum Gasteiger partial charge on any atom is 0.239 e. The van der Waals surface area contributed by atoms with Crippen molar-refractivity contribution in [1.29, 1.82) is 0 Å². The van der Waals surface area contributed by atoms with Crippen LogP contribution in [0.4, 0.5) is 11.4 Å². The fraction of sp³-hybridized carbons (Fsp3) is 0.333. The van der Waals surface area contributed by atoms with Gasteiger partial charge in [0.15, 0.2) is 0 Å². The smallest absolute Gasteiger partial charge is 0.239 e. The van der Waals surface area contributed by atoms with Gasteiger partial charge in [-0.2, -0.15) is 0 Å². The van der Waals surface area contributed by atoms with Crippen molar-refractivity contribution in [2.75, 3.05) is 30.8 Å². The van der Waals surface area contributed by atoms with Crippen molar-refractivity contribution in [1.82, 2.24) is 5.32 Å². The van der Waals surface area contributed by atoms with Gasteiger partial charge in [0.1, 0.15) is 5.75 Å². The standard InChI is InChI=1S/C21H26ClN3O3/c1-3-6-20(26)25-16-9-10-17(22)18(13-16)24-14-21(27)23-12-11-15-7-4-5-8-19(15)28-2/h4-5,7-10,13,24H,3,6,11-12,14H2,1-2H3,(H,23,27)(H,25,26). The van der Waals surface area contributed by atoms with Gasteiger partial charge in [-0.25, -0.2) is 0 Å². The Balaban J connectivity index is 1.82. The number of anilines is 2. The molecule has 6 nitrogen and oxygen atoms in total. The number of carbonyl (C=O) groups excluding carboxylic acids is 2. The Morgan fingerprint density at radius 1 is 1.11 bits per heavy atom. The van der Waals surface area contributed by atoms with Crippen LogP contribution in [0.3, 0.4) is 0 Å². The maximum absolute atomic E-state index is 12.1. The molecule has 2 amide bonds. The summed E-state index contributed by atoms with van der Waals surface area (Å²) in [5, 5.41) is 9.17. The number of carbonyl (C=O) groups is 2. The predicted molar refractivity (Wildman–Crippen MR) is 113 cm³/mol. The van der Waals surface area contributed by atoms with Crippen LogP contribution in [-0.2, 0) is 16.0 Å². The van der Waals surface area contributed by atoms with E-state index >= 15 is 0 Å². The molecular weight excluding hydrogens is 378 g/mol. The molecule has 0 aliphatic carbocycles. The van der Waals surface area contributed by atoms with Gasteiger partial charge >= 0.3 is 0 Å². The maximum atomic E-state index is 12.1. The Labute approximate surface area is 170 Å². The number of amides is 2. The van der Waals surface area contributed by atoms with Crippen LogP contribution in [0.2, 0.25) is 5.02 Å². The third-order valence-electron chi connectivity index (χ3n) is 4.08. The molecule has 150 valence electrons. The van der Waals surface area contributed by atoms with E-state index in [9.17, 15) is 9.59 Å². The molecule has 0 atom stereocenters. The molecule has 0 bridgehead atoms. The molecule has 0 unspecified atom stereocenters. The van der Waals surface area contributed by atoms with Gasteiger partial charge in [-0.3, -0.25) is 9.59 Å². The highest BCUT2D eigenvalue weighted by molar-refractivity contribution is 6.33. The van der Waals surface area contributed by atoms with E-state index in [1.807, 2.05) is 31.2 Å². The van der Waals surface area contributed by atoms with E-state index in [1.165, 1.54) is 0 Å². The van der Waals surface area contributed by atoms with E-state index in [0.717, 1.165) is 17.7 Å². The van der Waals surface area contributed by atoms with Crippen molar-refractivity contribution in [3.05, 3.63) is 53.1 Å². The number of halogens is 1. The molecular formula is C21H26ClN3O3. The van der Waals surface area contributed by atoms with Crippen molar-refractivity contribution < 1.29 is 14.3 Å². The molecule has 2 aromatic rings. The van der Waals surface area contributed by atoms with Gasteiger partial charge in [-0.05, 0) is 42.7 Å². The highest BCUT2D eigenvalue weighted by Gasteiger charge is 2.08. The first-order valence-electron chi connectivity index (χ1n) is 9.25. The second-order valence-electron chi connectivity index (χ2n) is 6.26. The van der Waals surface area contributed by atoms with Crippen LogP contribution in [0, 0.1) is 0 Å². The summed E-state index contributed by atoms with van der Waals surface area (Å²) in [6.07, 6.45) is 1.91. The van der Waals surface area contributed by atoms with Gasteiger partial charge in [0.05, 0.1) is 24.4 Å². The first-order chi connectivity index (χ1) is 13.5. The summed E-state index contributed by atoms with van der Waals surface area (Å²) in [5.41, 5.74) is 2.27. The van der Waals surface area contributed by atoms with Crippen LogP contribution < -0.4 is 20.7 Å². The average Bonchev–Trinajstić information content (AvgIpc) is 2.69. The van der Waals surface area contributed by atoms with Crippen LogP contribution in [0.25, 0.3) is 0 Å². The lowest BCUT2D eigenvalue weighted by atomic mass is 10.1. The minimum absolute atomic E-state index is 0.0511. The van der Waals surface area contributed by atoms with E-state index in [1.54, 1.807) is 25.3 Å². The topological polar surface area (TPSA) is 79.5 Å². The number of ether oxygens (including phenoxy) is 1. The number of rotatable bonds is 10. The quantitative estimate of drug-likeness (QED) is 0.562. The van der Waals surface area contributed by atoms with Crippen LogP contribution in [0.15, 0.2) is 42.5 Å². The summed E-state index contributed by atoms with van der Waals surface area (Å²) in [6.45, 7) is 2.53. The summed E-state index contributed by atoms with van der Waals surface area (Å²) in [6, 6.07) is 12.9. The van der Waals surface area contributed by atoms with Crippen molar-refractivity contribution in [3.63, 3.8) is 0 Å². The molecule has 28 heavy (non-hydrogen) atoms. The van der Waals surface area contributed by atoms with Crippen LogP contribution in [0.5, 0.6) is 5.75 Å². The van der Waals surface area contributed by atoms with Crippen LogP contribution >= 0.6 is 11.6 Å². The Morgan fingerprint density at radius 3 is 2.64 bits per heavy atom. The molecule has 7 heteroatoms.